The van der Waals surface area contributed by atoms with Crippen molar-refractivity contribution in [2.45, 2.75) is 18.9 Å². The van der Waals surface area contributed by atoms with Crippen LogP contribution in [0, 0.1) is 0 Å². The van der Waals surface area contributed by atoms with Gasteiger partial charge in [-0.15, -0.1) is 0 Å². The molecule has 38 heavy (non-hydrogen) atoms. The molecule has 1 aliphatic heterocycles. The van der Waals surface area contributed by atoms with E-state index in [1.165, 1.54) is 16.9 Å². The van der Waals surface area contributed by atoms with Crippen LogP contribution >= 0.6 is 22.9 Å². The number of benzene rings is 3. The highest BCUT2D eigenvalue weighted by Gasteiger charge is 2.32. The first kappa shape index (κ1) is 24.5. The summed E-state index contributed by atoms with van der Waals surface area (Å²) in [5, 5.41) is 0.666. The van der Waals surface area contributed by atoms with Crippen LogP contribution in [-0.4, -0.2) is 18.3 Å². The minimum absolute atomic E-state index is 0.0648. The third kappa shape index (κ3) is 4.30. The molecule has 190 valence electrons. The number of aryl methyl sites for hydroxylation is 1. The van der Waals surface area contributed by atoms with Crippen molar-refractivity contribution in [1.29, 1.82) is 0 Å². The van der Waals surface area contributed by atoms with E-state index >= 15 is 0 Å². The van der Waals surface area contributed by atoms with E-state index in [0.717, 1.165) is 40.8 Å². The fourth-order valence-electron chi connectivity index (χ4n) is 5.16. The standard InChI is InChI=1S/C31H25ClN2O3S/c1-3-16-37-25-15-8-19(17-26(25)36-2)18-27-30(35)34-29(21-9-12-22(32)13-10-21)24-14-11-20-6-4-5-7-23(20)28(24)33-31(34)38-27/h3-10,12-13,15,17-18,29H,1,11,14,16H2,2H3/b27-18+/t29-/m1/s1. The minimum atomic E-state index is -0.238. The molecule has 6 rings (SSSR count). The molecule has 5 nitrogen and oxygen atoms in total. The summed E-state index contributed by atoms with van der Waals surface area (Å²) in [7, 11) is 1.60. The Morgan fingerprint density at radius 2 is 1.92 bits per heavy atom. The van der Waals surface area contributed by atoms with Crippen molar-refractivity contribution < 1.29 is 9.47 Å². The number of hydrogen-bond acceptors (Lipinski definition) is 5. The van der Waals surface area contributed by atoms with Gasteiger partial charge in [0.25, 0.3) is 5.56 Å². The number of nitrogens with zero attached hydrogens (tertiary/aromatic N) is 2. The van der Waals surface area contributed by atoms with Gasteiger partial charge in [-0.25, -0.2) is 4.99 Å². The Labute approximate surface area is 229 Å². The van der Waals surface area contributed by atoms with E-state index in [9.17, 15) is 4.79 Å². The van der Waals surface area contributed by atoms with Gasteiger partial charge in [-0.05, 0) is 65.4 Å². The summed E-state index contributed by atoms with van der Waals surface area (Å²) in [4.78, 5) is 19.7. The molecule has 1 aliphatic carbocycles. The van der Waals surface area contributed by atoms with Crippen LogP contribution in [-0.2, 0) is 6.42 Å². The van der Waals surface area contributed by atoms with Gasteiger partial charge in [0.15, 0.2) is 16.3 Å². The first-order valence-corrected chi connectivity index (χ1v) is 13.6. The molecule has 2 aliphatic rings. The maximum absolute atomic E-state index is 13.9. The van der Waals surface area contributed by atoms with E-state index in [2.05, 4.69) is 24.8 Å². The lowest BCUT2D eigenvalue weighted by Crippen LogP contribution is -2.38. The van der Waals surface area contributed by atoms with Crippen LogP contribution in [0.4, 0.5) is 0 Å². The normalized spacial score (nSPS) is 16.3. The largest absolute Gasteiger partial charge is 0.493 e. The molecule has 1 atom stereocenters. The lowest BCUT2D eigenvalue weighted by Gasteiger charge is -2.30. The molecular weight excluding hydrogens is 516 g/mol. The second kappa shape index (κ2) is 10.1. The topological polar surface area (TPSA) is 52.8 Å². The van der Waals surface area contributed by atoms with Crippen molar-refractivity contribution in [3.8, 4) is 11.5 Å². The van der Waals surface area contributed by atoms with Gasteiger partial charge in [0, 0.05) is 10.6 Å². The number of hydrogen-bond donors (Lipinski definition) is 0. The first-order valence-electron chi connectivity index (χ1n) is 12.4. The number of halogens is 1. The van der Waals surface area contributed by atoms with E-state index in [1.807, 2.05) is 59.2 Å². The predicted octanol–water partition coefficient (Wildman–Crippen LogP) is 5.55. The van der Waals surface area contributed by atoms with Crippen LogP contribution in [0.2, 0.25) is 5.02 Å². The third-order valence-corrected chi connectivity index (χ3v) is 8.14. The highest BCUT2D eigenvalue weighted by molar-refractivity contribution is 7.07. The second-order valence-electron chi connectivity index (χ2n) is 9.18. The van der Waals surface area contributed by atoms with Crippen molar-refractivity contribution in [1.82, 2.24) is 4.57 Å². The summed E-state index contributed by atoms with van der Waals surface area (Å²) < 4.78 is 13.6. The van der Waals surface area contributed by atoms with E-state index in [0.29, 0.717) is 32.5 Å². The first-order chi connectivity index (χ1) is 18.6. The molecule has 0 amide bonds. The number of fused-ring (bicyclic) bond motifs is 3. The summed E-state index contributed by atoms with van der Waals surface area (Å²) in [5.74, 6) is 1.22. The molecular formula is C31H25ClN2O3S. The number of ether oxygens (including phenoxy) is 2. The number of aromatic nitrogens is 1. The Kier molecular flexibility index (Phi) is 6.52. The predicted molar refractivity (Wildman–Crippen MR) is 153 cm³/mol. The Bertz CT molecular complexity index is 1770. The van der Waals surface area contributed by atoms with Gasteiger partial charge in [-0.1, -0.05) is 78.1 Å². The summed E-state index contributed by atoms with van der Waals surface area (Å²) in [6.07, 6.45) is 5.33. The highest BCUT2D eigenvalue weighted by atomic mass is 35.5. The number of thiazole rings is 1. The maximum Gasteiger partial charge on any atom is 0.271 e. The molecule has 3 aromatic carbocycles. The third-order valence-electron chi connectivity index (χ3n) is 6.90. The zero-order valence-corrected chi connectivity index (χ0v) is 22.4. The molecule has 1 aromatic heterocycles. The van der Waals surface area contributed by atoms with Gasteiger partial charge in [0.2, 0.25) is 0 Å². The molecule has 0 N–H and O–H groups in total. The van der Waals surface area contributed by atoms with Crippen LogP contribution in [0.15, 0.2) is 94.7 Å². The molecule has 2 heterocycles. The zero-order chi connectivity index (χ0) is 26.2. The Hall–Kier alpha value is -3.87. The van der Waals surface area contributed by atoms with E-state index in [4.69, 9.17) is 26.1 Å². The van der Waals surface area contributed by atoms with E-state index in [1.54, 1.807) is 13.2 Å². The Balaban J connectivity index is 1.53. The summed E-state index contributed by atoms with van der Waals surface area (Å²) >= 11 is 7.62. The van der Waals surface area contributed by atoms with Gasteiger partial charge < -0.3 is 9.47 Å². The smallest absolute Gasteiger partial charge is 0.271 e. The molecule has 0 bridgehead atoms. The SMILES string of the molecule is C=CCOc1ccc(/C=c2/sc3n(c2=O)[C@H](c2ccc(Cl)cc2)C2=C(N=3)c3ccccc3CC2)cc1OC. The maximum atomic E-state index is 13.9. The van der Waals surface area contributed by atoms with Crippen molar-refractivity contribution in [2.24, 2.45) is 4.99 Å². The summed E-state index contributed by atoms with van der Waals surface area (Å²) in [6, 6.07) is 21.6. The van der Waals surface area contributed by atoms with Crippen LogP contribution < -0.4 is 24.4 Å². The average molecular weight is 541 g/mol. The fourth-order valence-corrected chi connectivity index (χ4v) is 6.29. The summed E-state index contributed by atoms with van der Waals surface area (Å²) in [6.45, 7) is 4.07. The number of allylic oxidation sites excluding steroid dienone is 1. The van der Waals surface area contributed by atoms with Gasteiger partial charge in [0.1, 0.15) is 6.61 Å². The molecule has 0 radical (unpaired) electrons. The molecule has 4 aromatic rings. The van der Waals surface area contributed by atoms with E-state index in [-0.39, 0.29) is 11.6 Å². The van der Waals surface area contributed by atoms with Crippen molar-refractivity contribution in [2.75, 3.05) is 13.7 Å². The molecule has 7 heteroatoms. The van der Waals surface area contributed by atoms with Crippen LogP contribution in [0.1, 0.15) is 34.7 Å². The number of rotatable bonds is 6. The highest BCUT2D eigenvalue weighted by Crippen LogP contribution is 2.41. The zero-order valence-electron chi connectivity index (χ0n) is 20.8. The Morgan fingerprint density at radius 3 is 2.71 bits per heavy atom. The molecule has 0 spiro atoms. The second-order valence-corrected chi connectivity index (χ2v) is 10.6. The monoisotopic (exact) mass is 540 g/mol. The van der Waals surface area contributed by atoms with E-state index < -0.39 is 0 Å². The van der Waals surface area contributed by atoms with Gasteiger partial charge in [-0.3, -0.25) is 9.36 Å². The van der Waals surface area contributed by atoms with Crippen molar-refractivity contribution in [3.63, 3.8) is 0 Å². The summed E-state index contributed by atoms with van der Waals surface area (Å²) in [5.41, 5.74) is 6.37. The molecule has 0 saturated heterocycles. The average Bonchev–Trinajstić information content (AvgIpc) is 3.25. The van der Waals surface area contributed by atoms with Gasteiger partial charge in [0.05, 0.1) is 23.4 Å². The van der Waals surface area contributed by atoms with Crippen LogP contribution in [0.5, 0.6) is 11.5 Å². The van der Waals surface area contributed by atoms with Gasteiger partial charge >= 0.3 is 0 Å². The molecule has 0 unspecified atom stereocenters. The molecule has 0 saturated carbocycles. The number of methoxy groups -OCH3 is 1. The quantitative estimate of drug-likeness (QED) is 0.301. The van der Waals surface area contributed by atoms with Gasteiger partial charge in [-0.2, -0.15) is 0 Å². The van der Waals surface area contributed by atoms with Crippen molar-refractivity contribution >= 4 is 34.7 Å². The lowest BCUT2D eigenvalue weighted by atomic mass is 9.83. The van der Waals surface area contributed by atoms with Crippen LogP contribution in [0.25, 0.3) is 11.8 Å². The Morgan fingerprint density at radius 1 is 1.11 bits per heavy atom. The molecule has 0 fully saturated rings. The lowest BCUT2D eigenvalue weighted by molar-refractivity contribution is 0.326. The van der Waals surface area contributed by atoms with Crippen molar-refractivity contribution in [3.05, 3.63) is 132 Å². The fraction of sp³-hybridized carbons (Fsp3) is 0.161. The van der Waals surface area contributed by atoms with Crippen LogP contribution in [0.3, 0.4) is 0 Å². The minimum Gasteiger partial charge on any atom is -0.493 e.